The van der Waals surface area contributed by atoms with Crippen molar-refractivity contribution in [2.75, 3.05) is 18.6 Å². The molecule has 0 saturated heterocycles. The minimum absolute atomic E-state index is 0.0932. The fourth-order valence-electron chi connectivity index (χ4n) is 2.05. The zero-order chi connectivity index (χ0) is 17.7. The summed E-state index contributed by atoms with van der Waals surface area (Å²) in [5.41, 5.74) is 1.64. The highest BCUT2D eigenvalue weighted by Gasteiger charge is 2.12. The standard InChI is InChI=1S/C17H18N2O4S/c1-18-16(20)10-12-6-8-14(9-7-12)19-17(21)13-4-3-5-15(11-13)24(2,22)23/h3-9,11H,10H2,1-2H3,(H,18,20)(H,19,21). The Morgan fingerprint density at radius 1 is 1.04 bits per heavy atom. The van der Waals surface area contributed by atoms with Gasteiger partial charge in [0.15, 0.2) is 9.84 Å². The minimum Gasteiger partial charge on any atom is -0.359 e. The Kier molecular flexibility index (Phi) is 5.35. The van der Waals surface area contributed by atoms with Gasteiger partial charge >= 0.3 is 0 Å². The van der Waals surface area contributed by atoms with Crippen molar-refractivity contribution in [1.29, 1.82) is 0 Å². The van der Waals surface area contributed by atoms with Crippen LogP contribution in [0.25, 0.3) is 0 Å². The third kappa shape index (κ3) is 4.66. The van der Waals surface area contributed by atoms with Crippen LogP contribution in [0.5, 0.6) is 0 Å². The topological polar surface area (TPSA) is 92.3 Å². The fourth-order valence-corrected chi connectivity index (χ4v) is 2.72. The van der Waals surface area contributed by atoms with E-state index in [0.29, 0.717) is 5.69 Å². The molecule has 0 aliphatic carbocycles. The van der Waals surface area contributed by atoms with Gasteiger partial charge < -0.3 is 10.6 Å². The molecule has 2 aromatic carbocycles. The highest BCUT2D eigenvalue weighted by molar-refractivity contribution is 7.90. The molecular formula is C17H18N2O4S. The minimum atomic E-state index is -3.37. The van der Waals surface area contributed by atoms with E-state index in [-0.39, 0.29) is 22.8 Å². The molecule has 0 heterocycles. The van der Waals surface area contributed by atoms with Crippen molar-refractivity contribution in [3.8, 4) is 0 Å². The Bertz CT molecular complexity index is 858. The van der Waals surface area contributed by atoms with Crippen LogP contribution in [0.15, 0.2) is 53.4 Å². The Morgan fingerprint density at radius 3 is 2.29 bits per heavy atom. The van der Waals surface area contributed by atoms with Gasteiger partial charge in [-0.05, 0) is 35.9 Å². The number of carbonyl (C=O) groups excluding carboxylic acids is 2. The lowest BCUT2D eigenvalue weighted by molar-refractivity contribution is -0.119. The highest BCUT2D eigenvalue weighted by atomic mass is 32.2. The van der Waals surface area contributed by atoms with Gasteiger partial charge in [-0.1, -0.05) is 18.2 Å². The molecule has 0 fully saturated rings. The molecule has 2 aromatic rings. The third-order valence-electron chi connectivity index (χ3n) is 3.38. The molecule has 7 heteroatoms. The molecule has 6 nitrogen and oxygen atoms in total. The third-order valence-corrected chi connectivity index (χ3v) is 4.49. The van der Waals surface area contributed by atoms with Crippen molar-refractivity contribution in [2.24, 2.45) is 0 Å². The van der Waals surface area contributed by atoms with Gasteiger partial charge in [0, 0.05) is 24.6 Å². The van der Waals surface area contributed by atoms with E-state index in [4.69, 9.17) is 0 Å². The summed E-state index contributed by atoms with van der Waals surface area (Å²) < 4.78 is 23.1. The Hall–Kier alpha value is -2.67. The zero-order valence-corrected chi connectivity index (χ0v) is 14.2. The monoisotopic (exact) mass is 346 g/mol. The predicted molar refractivity (Wildman–Crippen MR) is 91.7 cm³/mol. The molecule has 0 aromatic heterocycles. The van der Waals surface area contributed by atoms with Crippen molar-refractivity contribution in [1.82, 2.24) is 5.32 Å². The molecule has 2 N–H and O–H groups in total. The average Bonchev–Trinajstić information content (AvgIpc) is 2.56. The molecular weight excluding hydrogens is 328 g/mol. The molecule has 2 amide bonds. The molecule has 0 spiro atoms. The number of hydrogen-bond donors (Lipinski definition) is 2. The molecule has 0 aliphatic rings. The largest absolute Gasteiger partial charge is 0.359 e. The van der Waals surface area contributed by atoms with Gasteiger partial charge in [-0.3, -0.25) is 9.59 Å². The second-order valence-electron chi connectivity index (χ2n) is 5.30. The van der Waals surface area contributed by atoms with Gasteiger partial charge in [-0.25, -0.2) is 8.42 Å². The van der Waals surface area contributed by atoms with Crippen molar-refractivity contribution in [3.63, 3.8) is 0 Å². The first kappa shape index (κ1) is 17.7. The van der Waals surface area contributed by atoms with E-state index in [0.717, 1.165) is 11.8 Å². The van der Waals surface area contributed by atoms with Crippen LogP contribution in [0.1, 0.15) is 15.9 Å². The first-order valence-electron chi connectivity index (χ1n) is 7.20. The van der Waals surface area contributed by atoms with E-state index in [1.165, 1.54) is 18.2 Å². The van der Waals surface area contributed by atoms with Crippen LogP contribution < -0.4 is 10.6 Å². The van der Waals surface area contributed by atoms with Crippen molar-refractivity contribution >= 4 is 27.3 Å². The molecule has 0 unspecified atom stereocenters. The molecule has 0 atom stereocenters. The number of benzene rings is 2. The number of rotatable bonds is 5. The summed E-state index contributed by atoms with van der Waals surface area (Å²) in [6.07, 6.45) is 1.36. The molecule has 0 aliphatic heterocycles. The summed E-state index contributed by atoms with van der Waals surface area (Å²) in [4.78, 5) is 23.6. The first-order chi connectivity index (χ1) is 11.3. The molecule has 2 rings (SSSR count). The summed E-state index contributed by atoms with van der Waals surface area (Å²) in [6.45, 7) is 0. The van der Waals surface area contributed by atoms with Gasteiger partial charge in [0.05, 0.1) is 11.3 Å². The summed E-state index contributed by atoms with van der Waals surface area (Å²) in [6, 6.07) is 12.7. The maximum Gasteiger partial charge on any atom is 0.255 e. The van der Waals surface area contributed by atoms with Crippen LogP contribution in [-0.2, 0) is 21.1 Å². The Balaban J connectivity index is 2.11. The summed E-state index contributed by atoms with van der Waals surface area (Å²) in [5.74, 6) is -0.496. The van der Waals surface area contributed by atoms with Gasteiger partial charge in [0.1, 0.15) is 0 Å². The number of anilines is 1. The Labute approximate surface area is 140 Å². The second kappa shape index (κ2) is 7.27. The first-order valence-corrected chi connectivity index (χ1v) is 9.10. The van der Waals surface area contributed by atoms with E-state index in [2.05, 4.69) is 10.6 Å². The molecule has 0 radical (unpaired) electrons. The summed E-state index contributed by atoms with van der Waals surface area (Å²) in [5, 5.41) is 5.24. The van der Waals surface area contributed by atoms with Gasteiger partial charge in [0.25, 0.3) is 5.91 Å². The SMILES string of the molecule is CNC(=O)Cc1ccc(NC(=O)c2cccc(S(C)(=O)=O)c2)cc1. The molecule has 24 heavy (non-hydrogen) atoms. The van der Waals surface area contributed by atoms with Crippen molar-refractivity contribution < 1.29 is 18.0 Å². The van der Waals surface area contributed by atoms with E-state index >= 15 is 0 Å². The maximum atomic E-state index is 12.2. The van der Waals surface area contributed by atoms with Crippen molar-refractivity contribution in [3.05, 3.63) is 59.7 Å². The van der Waals surface area contributed by atoms with Gasteiger partial charge in [-0.2, -0.15) is 0 Å². The van der Waals surface area contributed by atoms with E-state index in [1.54, 1.807) is 37.4 Å². The number of carbonyl (C=O) groups is 2. The number of hydrogen-bond acceptors (Lipinski definition) is 4. The second-order valence-corrected chi connectivity index (χ2v) is 7.32. The number of nitrogens with one attached hydrogen (secondary N) is 2. The van der Waals surface area contributed by atoms with Gasteiger partial charge in [0.2, 0.25) is 5.91 Å². The maximum absolute atomic E-state index is 12.2. The van der Waals surface area contributed by atoms with E-state index in [9.17, 15) is 18.0 Å². The van der Waals surface area contributed by atoms with E-state index in [1.807, 2.05) is 0 Å². The van der Waals surface area contributed by atoms with Crippen LogP contribution in [-0.4, -0.2) is 33.5 Å². The van der Waals surface area contributed by atoms with Crippen LogP contribution >= 0.6 is 0 Å². The van der Waals surface area contributed by atoms with Crippen LogP contribution in [0.3, 0.4) is 0 Å². The number of likely N-dealkylation sites (N-methyl/N-ethyl adjacent to an activating group) is 1. The summed E-state index contributed by atoms with van der Waals surface area (Å²) >= 11 is 0. The highest BCUT2D eigenvalue weighted by Crippen LogP contribution is 2.15. The fraction of sp³-hybridized carbons (Fsp3) is 0.176. The summed E-state index contributed by atoms with van der Waals surface area (Å²) in [7, 11) is -1.80. The van der Waals surface area contributed by atoms with Gasteiger partial charge in [-0.15, -0.1) is 0 Å². The van der Waals surface area contributed by atoms with Crippen LogP contribution in [0.2, 0.25) is 0 Å². The molecule has 0 saturated carbocycles. The molecule has 0 bridgehead atoms. The quantitative estimate of drug-likeness (QED) is 0.861. The lowest BCUT2D eigenvalue weighted by Gasteiger charge is -2.07. The van der Waals surface area contributed by atoms with Crippen molar-refractivity contribution in [2.45, 2.75) is 11.3 Å². The number of sulfone groups is 1. The smallest absolute Gasteiger partial charge is 0.255 e. The predicted octanol–water partition coefficient (Wildman–Crippen LogP) is 1.63. The molecule has 126 valence electrons. The zero-order valence-electron chi connectivity index (χ0n) is 13.4. The average molecular weight is 346 g/mol. The van der Waals surface area contributed by atoms with Crippen LogP contribution in [0, 0.1) is 0 Å². The number of amides is 2. The Morgan fingerprint density at radius 2 is 1.71 bits per heavy atom. The van der Waals surface area contributed by atoms with E-state index < -0.39 is 15.7 Å². The lowest BCUT2D eigenvalue weighted by Crippen LogP contribution is -2.19. The normalized spacial score (nSPS) is 10.9. The lowest BCUT2D eigenvalue weighted by atomic mass is 10.1. The van der Waals surface area contributed by atoms with Crippen LogP contribution in [0.4, 0.5) is 5.69 Å².